The average molecular weight is 353 g/mol. The summed E-state index contributed by atoms with van der Waals surface area (Å²) in [6.07, 6.45) is 3.53. The fourth-order valence-corrected chi connectivity index (χ4v) is 3.63. The largest absolute Gasteiger partial charge is 0.381 e. The lowest BCUT2D eigenvalue weighted by Gasteiger charge is -2.43. The summed E-state index contributed by atoms with van der Waals surface area (Å²) >= 11 is 5.90. The molecule has 2 fully saturated rings. The zero-order valence-corrected chi connectivity index (χ0v) is 14.8. The minimum Gasteiger partial charge on any atom is -0.381 e. The molecule has 1 unspecified atom stereocenters. The molecule has 5 nitrogen and oxygen atoms in total. The minimum absolute atomic E-state index is 0.0702. The topological polar surface area (TPSA) is 59.6 Å². The van der Waals surface area contributed by atoms with Crippen molar-refractivity contribution >= 4 is 17.6 Å². The van der Waals surface area contributed by atoms with Gasteiger partial charge in [-0.3, -0.25) is 0 Å². The van der Waals surface area contributed by atoms with E-state index in [4.69, 9.17) is 21.1 Å². The zero-order valence-electron chi connectivity index (χ0n) is 14.0. The summed E-state index contributed by atoms with van der Waals surface area (Å²) in [5.74, 6) is 0. The van der Waals surface area contributed by atoms with Gasteiger partial charge in [-0.2, -0.15) is 0 Å². The normalized spacial score (nSPS) is 24.3. The van der Waals surface area contributed by atoms with Gasteiger partial charge in [0.05, 0.1) is 11.6 Å². The first-order valence-corrected chi connectivity index (χ1v) is 8.98. The number of carbonyl (C=O) groups is 1. The van der Waals surface area contributed by atoms with Crippen molar-refractivity contribution in [3.05, 3.63) is 34.9 Å². The molecule has 2 aliphatic heterocycles. The molecule has 2 N–H and O–H groups in total. The summed E-state index contributed by atoms with van der Waals surface area (Å²) in [4.78, 5) is 12.3. The molecular weight excluding hydrogens is 328 g/mol. The smallest absolute Gasteiger partial charge is 0.315 e. The van der Waals surface area contributed by atoms with Gasteiger partial charge in [-0.15, -0.1) is 0 Å². The molecule has 1 spiro atoms. The third-order valence-electron chi connectivity index (χ3n) is 4.95. The van der Waals surface area contributed by atoms with E-state index in [0.717, 1.165) is 44.5 Å². The summed E-state index contributed by atoms with van der Waals surface area (Å²) in [6.45, 7) is 4.14. The fraction of sp³-hybridized carbons (Fsp3) is 0.611. The molecule has 2 aliphatic rings. The van der Waals surface area contributed by atoms with Crippen molar-refractivity contribution < 1.29 is 14.3 Å². The van der Waals surface area contributed by atoms with Gasteiger partial charge in [-0.05, 0) is 50.3 Å². The molecule has 2 heterocycles. The highest BCUT2D eigenvalue weighted by Gasteiger charge is 2.39. The molecule has 0 saturated carbocycles. The molecule has 24 heavy (non-hydrogen) atoms. The Hall–Kier alpha value is -1.30. The lowest BCUT2D eigenvalue weighted by atomic mass is 9.84. The summed E-state index contributed by atoms with van der Waals surface area (Å²) in [5.41, 5.74) is 0.915. The van der Waals surface area contributed by atoms with Crippen LogP contribution in [-0.2, 0) is 9.47 Å². The van der Waals surface area contributed by atoms with Crippen molar-refractivity contribution in [1.29, 1.82) is 0 Å². The van der Waals surface area contributed by atoms with E-state index >= 15 is 0 Å². The van der Waals surface area contributed by atoms with E-state index in [1.165, 1.54) is 0 Å². The number of carbonyl (C=O) groups excluding carboxylic acids is 1. The Kier molecular flexibility index (Phi) is 5.64. The van der Waals surface area contributed by atoms with E-state index in [1.807, 2.05) is 31.2 Å². The summed E-state index contributed by atoms with van der Waals surface area (Å²) in [5, 5.41) is 6.80. The molecule has 0 aromatic heterocycles. The van der Waals surface area contributed by atoms with E-state index in [-0.39, 0.29) is 23.7 Å². The Morgan fingerprint density at radius 2 is 1.96 bits per heavy atom. The van der Waals surface area contributed by atoms with Gasteiger partial charge in [-0.1, -0.05) is 23.7 Å². The number of nitrogens with one attached hydrogen (secondary N) is 2. The highest BCUT2D eigenvalue weighted by Crippen LogP contribution is 2.34. The van der Waals surface area contributed by atoms with Gasteiger partial charge < -0.3 is 20.1 Å². The van der Waals surface area contributed by atoms with E-state index in [1.54, 1.807) is 0 Å². The Morgan fingerprint density at radius 3 is 2.67 bits per heavy atom. The molecule has 0 radical (unpaired) electrons. The third-order valence-corrected chi connectivity index (χ3v) is 5.20. The first kappa shape index (κ1) is 17.5. The lowest BCUT2D eigenvalue weighted by Crippen LogP contribution is -2.52. The zero-order chi connectivity index (χ0) is 17.0. The Morgan fingerprint density at radius 1 is 1.25 bits per heavy atom. The van der Waals surface area contributed by atoms with Gasteiger partial charge in [0.2, 0.25) is 0 Å². The Balaban J connectivity index is 1.51. The summed E-state index contributed by atoms with van der Waals surface area (Å²) < 4.78 is 11.4. The van der Waals surface area contributed by atoms with Crippen LogP contribution in [-0.4, -0.2) is 37.5 Å². The molecule has 1 aromatic rings. The van der Waals surface area contributed by atoms with Gasteiger partial charge in [-0.25, -0.2) is 4.79 Å². The average Bonchev–Trinajstić information content (AvgIpc) is 2.56. The molecule has 132 valence electrons. The molecule has 0 aliphatic carbocycles. The molecule has 6 heteroatoms. The standard InChI is InChI=1S/C18H25ClN2O3/c1-13(14-2-4-15(19)5-3-14)20-17(22)21-16-6-9-24-18(12-16)7-10-23-11-8-18/h2-5,13,16H,6-12H2,1H3,(H2,20,21,22)/t13-,16?/m0/s1. The Bertz CT molecular complexity index is 552. The number of benzene rings is 1. The van der Waals surface area contributed by atoms with Crippen LogP contribution in [0.1, 0.15) is 44.2 Å². The Labute approximate surface area is 148 Å². The number of hydrogen-bond acceptors (Lipinski definition) is 3. The fourth-order valence-electron chi connectivity index (χ4n) is 3.50. The maximum Gasteiger partial charge on any atom is 0.315 e. The van der Waals surface area contributed by atoms with Gasteiger partial charge >= 0.3 is 6.03 Å². The van der Waals surface area contributed by atoms with Crippen LogP contribution in [0.25, 0.3) is 0 Å². The molecule has 2 saturated heterocycles. The maximum absolute atomic E-state index is 12.3. The number of urea groups is 1. The van der Waals surface area contributed by atoms with Gasteiger partial charge in [0.15, 0.2) is 0 Å². The highest BCUT2D eigenvalue weighted by atomic mass is 35.5. The third kappa shape index (κ3) is 4.41. The van der Waals surface area contributed by atoms with Crippen LogP contribution in [0.4, 0.5) is 4.79 Å². The second kappa shape index (κ2) is 7.72. The van der Waals surface area contributed by atoms with Crippen LogP contribution in [0.5, 0.6) is 0 Å². The SMILES string of the molecule is C[C@H](NC(=O)NC1CCOC2(CCOCC2)C1)c1ccc(Cl)cc1. The van der Waals surface area contributed by atoms with Crippen molar-refractivity contribution in [2.24, 2.45) is 0 Å². The monoisotopic (exact) mass is 352 g/mol. The van der Waals surface area contributed by atoms with Crippen LogP contribution in [0.15, 0.2) is 24.3 Å². The molecule has 0 bridgehead atoms. The number of rotatable bonds is 3. The minimum atomic E-state index is -0.133. The molecule has 3 rings (SSSR count). The van der Waals surface area contributed by atoms with Crippen molar-refractivity contribution in [2.75, 3.05) is 19.8 Å². The number of hydrogen-bond donors (Lipinski definition) is 2. The van der Waals surface area contributed by atoms with Crippen LogP contribution in [0.2, 0.25) is 5.02 Å². The second-order valence-corrected chi connectivity index (χ2v) is 7.16. The van der Waals surface area contributed by atoms with Gasteiger partial charge in [0.1, 0.15) is 0 Å². The van der Waals surface area contributed by atoms with E-state index in [0.29, 0.717) is 11.6 Å². The first-order chi connectivity index (χ1) is 11.6. The van der Waals surface area contributed by atoms with E-state index in [9.17, 15) is 4.79 Å². The van der Waals surface area contributed by atoms with Crippen molar-refractivity contribution in [1.82, 2.24) is 10.6 Å². The lowest BCUT2D eigenvalue weighted by molar-refractivity contribution is -0.139. The highest BCUT2D eigenvalue weighted by molar-refractivity contribution is 6.30. The summed E-state index contributed by atoms with van der Waals surface area (Å²) in [7, 11) is 0. The van der Waals surface area contributed by atoms with Crippen LogP contribution >= 0.6 is 11.6 Å². The van der Waals surface area contributed by atoms with Gasteiger partial charge in [0.25, 0.3) is 0 Å². The molecule has 2 atom stereocenters. The number of amides is 2. The predicted molar refractivity (Wildman–Crippen MR) is 93.3 cm³/mol. The molecule has 1 aromatic carbocycles. The van der Waals surface area contributed by atoms with E-state index < -0.39 is 0 Å². The van der Waals surface area contributed by atoms with Crippen molar-refractivity contribution in [3.63, 3.8) is 0 Å². The van der Waals surface area contributed by atoms with Crippen LogP contribution in [0.3, 0.4) is 0 Å². The number of ether oxygens (including phenoxy) is 2. The molecular formula is C18H25ClN2O3. The van der Waals surface area contributed by atoms with Crippen molar-refractivity contribution in [3.8, 4) is 0 Å². The molecule has 2 amide bonds. The first-order valence-electron chi connectivity index (χ1n) is 8.61. The maximum atomic E-state index is 12.3. The predicted octanol–water partition coefficient (Wildman–Crippen LogP) is 3.43. The summed E-state index contributed by atoms with van der Waals surface area (Å²) in [6, 6.07) is 7.47. The number of halogens is 1. The van der Waals surface area contributed by atoms with Gasteiger partial charge in [0, 0.05) is 30.9 Å². The second-order valence-electron chi connectivity index (χ2n) is 6.72. The quantitative estimate of drug-likeness (QED) is 0.876. The van der Waals surface area contributed by atoms with E-state index in [2.05, 4.69) is 10.6 Å². The van der Waals surface area contributed by atoms with Crippen LogP contribution in [0, 0.1) is 0 Å². The van der Waals surface area contributed by atoms with Crippen LogP contribution < -0.4 is 10.6 Å². The van der Waals surface area contributed by atoms with Crippen molar-refractivity contribution in [2.45, 2.75) is 50.3 Å².